The van der Waals surface area contributed by atoms with Crippen LogP contribution in [0.1, 0.15) is 33.4 Å². The van der Waals surface area contributed by atoms with Crippen molar-refractivity contribution in [1.82, 2.24) is 0 Å². The van der Waals surface area contributed by atoms with Crippen molar-refractivity contribution >= 4 is 40.1 Å². The normalized spacial score (nSPS) is 10.6. The molecule has 35 heavy (non-hydrogen) atoms. The Kier molecular flexibility index (Phi) is 7.11. The molecule has 0 unspecified atom stereocenters. The highest BCUT2D eigenvalue weighted by atomic mass is 16.5. The minimum Gasteiger partial charge on any atom is -0.494 e. The summed E-state index contributed by atoms with van der Waals surface area (Å²) in [5, 5.41) is 6.25. The van der Waals surface area contributed by atoms with Gasteiger partial charge in [0, 0.05) is 27.9 Å². The van der Waals surface area contributed by atoms with E-state index in [1.807, 2.05) is 25.1 Å². The van der Waals surface area contributed by atoms with Gasteiger partial charge in [0.1, 0.15) is 11.3 Å². The van der Waals surface area contributed by atoms with E-state index in [9.17, 15) is 14.4 Å². The number of hydrogen-bond donors (Lipinski definition) is 2. The highest BCUT2D eigenvalue weighted by Crippen LogP contribution is 2.25. The lowest BCUT2D eigenvalue weighted by Crippen LogP contribution is -2.21. The van der Waals surface area contributed by atoms with E-state index in [0.717, 1.165) is 11.1 Å². The van der Waals surface area contributed by atoms with Crippen LogP contribution in [0.15, 0.2) is 77.2 Å². The van der Waals surface area contributed by atoms with Crippen molar-refractivity contribution in [2.24, 2.45) is 0 Å². The van der Waals surface area contributed by atoms with Crippen LogP contribution in [0.3, 0.4) is 0 Å². The number of esters is 1. The highest BCUT2D eigenvalue weighted by Gasteiger charge is 2.20. The smallest absolute Gasteiger partial charge is 0.375 e. The SMILES string of the molecule is CCOc1ccc(NC(=O)c2ccc(NC(=O)COC(=O)c3oc4ccccc4c3C)cc2)cc1. The molecule has 4 rings (SSSR count). The summed E-state index contributed by atoms with van der Waals surface area (Å²) in [5.41, 5.74) is 2.75. The van der Waals surface area contributed by atoms with Gasteiger partial charge < -0.3 is 24.5 Å². The molecule has 0 bridgehead atoms. The summed E-state index contributed by atoms with van der Waals surface area (Å²) in [6.07, 6.45) is 0. The van der Waals surface area contributed by atoms with Gasteiger partial charge in [-0.05, 0) is 68.4 Å². The van der Waals surface area contributed by atoms with Crippen molar-refractivity contribution in [2.75, 3.05) is 23.8 Å². The largest absolute Gasteiger partial charge is 0.494 e. The topological polar surface area (TPSA) is 107 Å². The van der Waals surface area contributed by atoms with Gasteiger partial charge in [-0.25, -0.2) is 4.79 Å². The molecule has 8 nitrogen and oxygen atoms in total. The Morgan fingerprint density at radius 1 is 0.857 bits per heavy atom. The van der Waals surface area contributed by atoms with Gasteiger partial charge in [0.05, 0.1) is 6.61 Å². The van der Waals surface area contributed by atoms with Crippen LogP contribution in [0, 0.1) is 6.92 Å². The summed E-state index contributed by atoms with van der Waals surface area (Å²) in [7, 11) is 0. The highest BCUT2D eigenvalue weighted by molar-refractivity contribution is 6.05. The Bertz CT molecular complexity index is 1360. The molecule has 4 aromatic rings. The molecular weight excluding hydrogens is 448 g/mol. The predicted molar refractivity (Wildman–Crippen MR) is 132 cm³/mol. The fourth-order valence-electron chi connectivity index (χ4n) is 3.47. The number of rotatable bonds is 8. The molecule has 0 radical (unpaired) electrons. The molecule has 8 heteroatoms. The van der Waals surface area contributed by atoms with Gasteiger partial charge in [-0.3, -0.25) is 9.59 Å². The Balaban J connectivity index is 1.29. The molecule has 0 aliphatic rings. The first-order valence-electron chi connectivity index (χ1n) is 11.0. The number of furan rings is 1. The number of hydrogen-bond acceptors (Lipinski definition) is 6. The molecule has 0 aliphatic carbocycles. The van der Waals surface area contributed by atoms with Crippen molar-refractivity contribution in [2.45, 2.75) is 13.8 Å². The molecule has 0 spiro atoms. The van der Waals surface area contributed by atoms with E-state index in [1.165, 1.54) is 0 Å². The number of ether oxygens (including phenoxy) is 2. The number of fused-ring (bicyclic) bond motifs is 1. The minimum absolute atomic E-state index is 0.0712. The van der Waals surface area contributed by atoms with Gasteiger partial charge in [0.25, 0.3) is 11.8 Å². The summed E-state index contributed by atoms with van der Waals surface area (Å²) in [5.74, 6) is -0.720. The maximum atomic E-state index is 12.5. The predicted octanol–water partition coefficient (Wildman–Crippen LogP) is 5.19. The zero-order chi connectivity index (χ0) is 24.8. The average molecular weight is 472 g/mol. The molecule has 2 N–H and O–H groups in total. The van der Waals surface area contributed by atoms with Gasteiger partial charge in [-0.2, -0.15) is 0 Å². The summed E-state index contributed by atoms with van der Waals surface area (Å²) < 4.78 is 16.0. The number of carbonyl (C=O) groups excluding carboxylic acids is 3. The van der Waals surface area contributed by atoms with E-state index >= 15 is 0 Å². The van der Waals surface area contributed by atoms with E-state index in [4.69, 9.17) is 13.9 Å². The van der Waals surface area contributed by atoms with Crippen molar-refractivity contribution in [3.8, 4) is 5.75 Å². The second kappa shape index (κ2) is 10.6. The van der Waals surface area contributed by atoms with E-state index in [2.05, 4.69) is 10.6 Å². The van der Waals surface area contributed by atoms with Gasteiger partial charge in [-0.1, -0.05) is 18.2 Å². The molecule has 1 aromatic heterocycles. The summed E-state index contributed by atoms with van der Waals surface area (Å²) in [6, 6.07) is 20.7. The van der Waals surface area contributed by atoms with Crippen LogP contribution in [0.5, 0.6) is 5.75 Å². The molecule has 2 amide bonds. The van der Waals surface area contributed by atoms with Crippen molar-refractivity contribution in [1.29, 1.82) is 0 Å². The third-order valence-electron chi connectivity index (χ3n) is 5.22. The lowest BCUT2D eigenvalue weighted by Gasteiger charge is -2.09. The first-order valence-corrected chi connectivity index (χ1v) is 11.0. The van der Waals surface area contributed by atoms with Crippen LogP contribution in [-0.4, -0.2) is 31.0 Å². The second-order valence-electron chi connectivity index (χ2n) is 7.67. The third kappa shape index (κ3) is 5.67. The number of nitrogens with one attached hydrogen (secondary N) is 2. The van der Waals surface area contributed by atoms with Crippen LogP contribution in [-0.2, 0) is 9.53 Å². The maximum absolute atomic E-state index is 12.5. The molecule has 1 heterocycles. The number of carbonyl (C=O) groups is 3. The Hall–Kier alpha value is -4.59. The first kappa shape index (κ1) is 23.6. The number of para-hydroxylation sites is 1. The molecule has 0 aliphatic heterocycles. The van der Waals surface area contributed by atoms with Gasteiger partial charge in [0.2, 0.25) is 5.76 Å². The van der Waals surface area contributed by atoms with Gasteiger partial charge in [-0.15, -0.1) is 0 Å². The second-order valence-corrected chi connectivity index (χ2v) is 7.67. The molecule has 0 saturated carbocycles. The molecule has 178 valence electrons. The lowest BCUT2D eigenvalue weighted by atomic mass is 10.1. The Morgan fingerprint density at radius 3 is 2.20 bits per heavy atom. The van der Waals surface area contributed by atoms with Crippen molar-refractivity contribution in [3.05, 3.63) is 89.7 Å². The van der Waals surface area contributed by atoms with Crippen LogP contribution >= 0.6 is 0 Å². The number of anilines is 2. The fraction of sp³-hybridized carbons (Fsp3) is 0.148. The van der Waals surface area contributed by atoms with Crippen molar-refractivity contribution < 1.29 is 28.3 Å². The van der Waals surface area contributed by atoms with E-state index < -0.39 is 18.5 Å². The monoisotopic (exact) mass is 472 g/mol. The van der Waals surface area contributed by atoms with Crippen LogP contribution in [0.25, 0.3) is 11.0 Å². The minimum atomic E-state index is -0.713. The lowest BCUT2D eigenvalue weighted by molar-refractivity contribution is -0.119. The maximum Gasteiger partial charge on any atom is 0.375 e. The molecule has 0 fully saturated rings. The average Bonchev–Trinajstić information content (AvgIpc) is 3.21. The quantitative estimate of drug-likeness (QED) is 0.342. The number of amides is 2. The van der Waals surface area contributed by atoms with Gasteiger partial charge in [0.15, 0.2) is 6.61 Å². The van der Waals surface area contributed by atoms with Gasteiger partial charge >= 0.3 is 5.97 Å². The standard InChI is InChI=1S/C27H24N2O6/c1-3-33-21-14-12-20(13-15-21)29-26(31)18-8-10-19(11-9-18)28-24(30)16-34-27(32)25-17(2)22-6-4-5-7-23(22)35-25/h4-15H,3,16H2,1-2H3,(H,28,30)(H,29,31). The Labute approximate surface area is 201 Å². The zero-order valence-electron chi connectivity index (χ0n) is 19.3. The summed E-state index contributed by atoms with van der Waals surface area (Å²) in [4.78, 5) is 37.1. The Morgan fingerprint density at radius 2 is 1.51 bits per heavy atom. The summed E-state index contributed by atoms with van der Waals surface area (Å²) >= 11 is 0. The first-order chi connectivity index (χ1) is 16.9. The fourth-order valence-corrected chi connectivity index (χ4v) is 3.47. The number of benzene rings is 3. The molecular formula is C27H24N2O6. The van der Waals surface area contributed by atoms with Crippen LogP contribution in [0.4, 0.5) is 11.4 Å². The molecule has 0 saturated heterocycles. The molecule has 0 atom stereocenters. The third-order valence-corrected chi connectivity index (χ3v) is 5.22. The van der Waals surface area contributed by atoms with Crippen LogP contribution in [0.2, 0.25) is 0 Å². The molecule has 3 aromatic carbocycles. The van der Waals surface area contributed by atoms with Crippen molar-refractivity contribution in [3.63, 3.8) is 0 Å². The number of aryl methyl sites for hydroxylation is 1. The summed E-state index contributed by atoms with van der Waals surface area (Å²) in [6.45, 7) is 3.75. The van der Waals surface area contributed by atoms with E-state index in [-0.39, 0.29) is 11.7 Å². The van der Waals surface area contributed by atoms with E-state index in [0.29, 0.717) is 34.7 Å². The van der Waals surface area contributed by atoms with E-state index in [1.54, 1.807) is 61.5 Å². The van der Waals surface area contributed by atoms with Crippen LogP contribution < -0.4 is 15.4 Å². The zero-order valence-corrected chi connectivity index (χ0v) is 19.3.